The van der Waals surface area contributed by atoms with Crippen LogP contribution in [-0.2, 0) is 13.0 Å². The lowest BCUT2D eigenvalue weighted by Gasteiger charge is -2.11. The Hall–Kier alpha value is -2.58. The van der Waals surface area contributed by atoms with E-state index in [1.54, 1.807) is 7.11 Å². The molecule has 0 fully saturated rings. The minimum absolute atomic E-state index is 0.415. The highest BCUT2D eigenvalue weighted by atomic mass is 32.1. The first-order valence-electron chi connectivity index (χ1n) is 6.85. The van der Waals surface area contributed by atoms with Crippen LogP contribution < -0.4 is 15.4 Å². The first kappa shape index (κ1) is 15.8. The summed E-state index contributed by atoms with van der Waals surface area (Å²) in [7, 11) is 1.65. The highest BCUT2D eigenvalue weighted by Crippen LogP contribution is 2.13. The van der Waals surface area contributed by atoms with E-state index in [1.165, 1.54) is 0 Å². The van der Waals surface area contributed by atoms with E-state index in [2.05, 4.69) is 16.7 Å². The van der Waals surface area contributed by atoms with Crippen molar-refractivity contribution in [2.45, 2.75) is 13.0 Å². The predicted molar refractivity (Wildman–Crippen MR) is 91.8 cm³/mol. The molecular formula is C17H17N3OS. The molecule has 2 N–H and O–H groups in total. The molecule has 0 aliphatic rings. The number of hydrogen-bond acceptors (Lipinski definition) is 3. The lowest BCUT2D eigenvalue weighted by Crippen LogP contribution is -2.27. The van der Waals surface area contributed by atoms with Gasteiger partial charge in [-0.05, 0) is 47.6 Å². The zero-order valence-electron chi connectivity index (χ0n) is 12.3. The third-order valence-corrected chi connectivity index (χ3v) is 3.33. The molecule has 2 aromatic carbocycles. The summed E-state index contributed by atoms with van der Waals surface area (Å²) in [6.45, 7) is 0.621. The van der Waals surface area contributed by atoms with Gasteiger partial charge in [-0.2, -0.15) is 5.26 Å². The average Bonchev–Trinajstić information content (AvgIpc) is 2.55. The maximum Gasteiger partial charge on any atom is 0.171 e. The van der Waals surface area contributed by atoms with Crippen LogP contribution in [0.3, 0.4) is 0 Å². The molecule has 0 aromatic heterocycles. The highest BCUT2D eigenvalue weighted by molar-refractivity contribution is 7.80. The summed E-state index contributed by atoms with van der Waals surface area (Å²) in [4.78, 5) is 0. The Morgan fingerprint density at radius 2 is 1.95 bits per heavy atom. The number of rotatable bonds is 5. The van der Waals surface area contributed by atoms with E-state index >= 15 is 0 Å². The van der Waals surface area contributed by atoms with Gasteiger partial charge in [-0.1, -0.05) is 24.3 Å². The third kappa shape index (κ3) is 4.76. The molecule has 0 amide bonds. The van der Waals surface area contributed by atoms with Gasteiger partial charge in [0.2, 0.25) is 0 Å². The van der Waals surface area contributed by atoms with Crippen LogP contribution in [0.4, 0.5) is 5.69 Å². The van der Waals surface area contributed by atoms with E-state index < -0.39 is 0 Å². The SMILES string of the molecule is COc1cccc(CNC(=S)Nc2ccc(CC#N)cc2)c1. The lowest BCUT2D eigenvalue weighted by atomic mass is 10.1. The highest BCUT2D eigenvalue weighted by Gasteiger charge is 2.00. The maximum atomic E-state index is 8.64. The minimum Gasteiger partial charge on any atom is -0.497 e. The van der Waals surface area contributed by atoms with Gasteiger partial charge in [0.1, 0.15) is 5.75 Å². The molecule has 0 bridgehead atoms. The molecule has 0 radical (unpaired) electrons. The summed E-state index contributed by atoms with van der Waals surface area (Å²) in [6, 6.07) is 17.6. The van der Waals surface area contributed by atoms with Gasteiger partial charge in [-0.15, -0.1) is 0 Å². The zero-order valence-corrected chi connectivity index (χ0v) is 13.1. The summed E-state index contributed by atoms with van der Waals surface area (Å²) in [5, 5.41) is 15.5. The van der Waals surface area contributed by atoms with Gasteiger partial charge in [0.15, 0.2) is 5.11 Å². The van der Waals surface area contributed by atoms with Gasteiger partial charge in [0.05, 0.1) is 19.6 Å². The van der Waals surface area contributed by atoms with Gasteiger partial charge in [-0.3, -0.25) is 0 Å². The summed E-state index contributed by atoms with van der Waals surface area (Å²) in [5.74, 6) is 0.825. The van der Waals surface area contributed by atoms with Gasteiger partial charge in [0.25, 0.3) is 0 Å². The van der Waals surface area contributed by atoms with Crippen LogP contribution in [0, 0.1) is 11.3 Å². The molecule has 5 heteroatoms. The van der Waals surface area contributed by atoms with Crippen molar-refractivity contribution >= 4 is 23.0 Å². The number of nitriles is 1. The molecule has 0 saturated carbocycles. The van der Waals surface area contributed by atoms with E-state index in [4.69, 9.17) is 22.2 Å². The molecule has 2 aromatic rings. The first-order chi connectivity index (χ1) is 10.7. The number of nitrogens with zero attached hydrogens (tertiary/aromatic N) is 1. The second kappa shape index (κ2) is 8.01. The maximum absolute atomic E-state index is 8.64. The molecule has 0 aliphatic heterocycles. The fraction of sp³-hybridized carbons (Fsp3) is 0.176. The largest absolute Gasteiger partial charge is 0.497 e. The molecule has 0 spiro atoms. The monoisotopic (exact) mass is 311 g/mol. The zero-order chi connectivity index (χ0) is 15.8. The molecule has 0 atom stereocenters. The number of nitrogens with one attached hydrogen (secondary N) is 2. The Kier molecular flexibility index (Phi) is 5.75. The topological polar surface area (TPSA) is 57.1 Å². The van der Waals surface area contributed by atoms with Gasteiger partial charge >= 0.3 is 0 Å². The molecular weight excluding hydrogens is 294 g/mol. The van der Waals surface area contributed by atoms with E-state index in [9.17, 15) is 0 Å². The van der Waals surface area contributed by atoms with Crippen LogP contribution in [-0.4, -0.2) is 12.2 Å². The van der Waals surface area contributed by atoms with Crippen LogP contribution in [0.1, 0.15) is 11.1 Å². The van der Waals surface area contributed by atoms with Gasteiger partial charge < -0.3 is 15.4 Å². The summed E-state index contributed by atoms with van der Waals surface area (Å²) < 4.78 is 5.19. The molecule has 4 nitrogen and oxygen atoms in total. The second-order valence-corrected chi connectivity index (χ2v) is 5.10. The fourth-order valence-corrected chi connectivity index (χ4v) is 2.13. The Labute approximate surface area is 135 Å². The first-order valence-corrected chi connectivity index (χ1v) is 7.26. The van der Waals surface area contributed by atoms with Crippen LogP contribution in [0.15, 0.2) is 48.5 Å². The lowest BCUT2D eigenvalue weighted by molar-refractivity contribution is 0.414. The molecule has 0 heterocycles. The van der Waals surface area contributed by atoms with Crippen molar-refractivity contribution in [1.29, 1.82) is 5.26 Å². The molecule has 0 saturated heterocycles. The Morgan fingerprint density at radius 1 is 1.18 bits per heavy atom. The number of hydrogen-bond donors (Lipinski definition) is 2. The smallest absolute Gasteiger partial charge is 0.171 e. The minimum atomic E-state index is 0.415. The Bertz CT molecular complexity index is 677. The molecule has 22 heavy (non-hydrogen) atoms. The van der Waals surface area contributed by atoms with Gasteiger partial charge in [-0.25, -0.2) is 0 Å². The quantitative estimate of drug-likeness (QED) is 0.830. The summed E-state index contributed by atoms with van der Waals surface area (Å²) >= 11 is 5.27. The van der Waals surface area contributed by atoms with E-state index in [0.29, 0.717) is 18.1 Å². The van der Waals surface area contributed by atoms with Crippen molar-refractivity contribution in [3.63, 3.8) is 0 Å². The Morgan fingerprint density at radius 3 is 2.64 bits per heavy atom. The number of methoxy groups -OCH3 is 1. The van der Waals surface area contributed by atoms with Crippen molar-refractivity contribution < 1.29 is 4.74 Å². The predicted octanol–water partition coefficient (Wildman–Crippen LogP) is 3.25. The third-order valence-electron chi connectivity index (χ3n) is 3.08. The number of ether oxygens (including phenoxy) is 1. The molecule has 112 valence electrons. The molecule has 0 unspecified atom stereocenters. The number of benzene rings is 2. The normalized spacial score (nSPS) is 9.64. The van der Waals surface area contributed by atoms with E-state index in [0.717, 1.165) is 22.6 Å². The van der Waals surface area contributed by atoms with Crippen LogP contribution in [0.25, 0.3) is 0 Å². The summed E-state index contributed by atoms with van der Waals surface area (Å²) in [5.41, 5.74) is 2.97. The van der Waals surface area contributed by atoms with Crippen molar-refractivity contribution in [3.8, 4) is 11.8 Å². The van der Waals surface area contributed by atoms with Gasteiger partial charge in [0, 0.05) is 12.2 Å². The van der Waals surface area contributed by atoms with Crippen molar-refractivity contribution in [1.82, 2.24) is 5.32 Å². The van der Waals surface area contributed by atoms with E-state index in [-0.39, 0.29) is 0 Å². The van der Waals surface area contributed by atoms with Crippen molar-refractivity contribution in [3.05, 3.63) is 59.7 Å². The Balaban J connectivity index is 1.86. The number of anilines is 1. The second-order valence-electron chi connectivity index (χ2n) is 4.69. The van der Waals surface area contributed by atoms with Crippen molar-refractivity contribution in [2.24, 2.45) is 0 Å². The number of thiocarbonyl (C=S) groups is 1. The molecule has 2 rings (SSSR count). The molecule has 0 aliphatic carbocycles. The van der Waals surface area contributed by atoms with Crippen LogP contribution in [0.2, 0.25) is 0 Å². The van der Waals surface area contributed by atoms with Crippen molar-refractivity contribution in [2.75, 3.05) is 12.4 Å². The fourth-order valence-electron chi connectivity index (χ4n) is 1.94. The summed E-state index contributed by atoms with van der Waals surface area (Å²) in [6.07, 6.45) is 0.415. The van der Waals surface area contributed by atoms with Crippen LogP contribution >= 0.6 is 12.2 Å². The standard InChI is InChI=1S/C17H17N3OS/c1-21-16-4-2-3-14(11-16)12-19-17(22)20-15-7-5-13(6-8-15)9-10-18/h2-8,11H,9,12H2,1H3,(H2,19,20,22). The van der Waals surface area contributed by atoms with E-state index in [1.807, 2.05) is 48.5 Å². The average molecular weight is 311 g/mol. The van der Waals surface area contributed by atoms with Crippen LogP contribution in [0.5, 0.6) is 5.75 Å².